The van der Waals surface area contributed by atoms with Crippen LogP contribution in [0.4, 0.5) is 13.2 Å². The Kier molecular flexibility index (Phi) is 7.07. The van der Waals surface area contributed by atoms with Gasteiger partial charge in [0.15, 0.2) is 5.82 Å². The van der Waals surface area contributed by atoms with Gasteiger partial charge in [-0.25, -0.2) is 4.98 Å². The van der Waals surface area contributed by atoms with Gasteiger partial charge >= 0.3 is 6.18 Å². The molecule has 0 saturated heterocycles. The van der Waals surface area contributed by atoms with Crippen molar-refractivity contribution in [3.63, 3.8) is 0 Å². The number of aromatic nitrogens is 3. The van der Waals surface area contributed by atoms with E-state index < -0.39 is 23.7 Å². The molecule has 1 aromatic heterocycles. The number of alkyl halides is 3. The summed E-state index contributed by atoms with van der Waals surface area (Å²) < 4.78 is 39.2. The SMILES string of the molecule is O=C(CCC1CCCC1)NCC(=O)N[C@H](c1cccc(C(F)(F)F)c1)c1ncn[nH]1. The minimum absolute atomic E-state index is 0.190. The second-order valence-corrected chi connectivity index (χ2v) is 7.46. The van der Waals surface area contributed by atoms with E-state index in [0.717, 1.165) is 31.4 Å². The maximum absolute atomic E-state index is 13.1. The molecule has 2 aromatic rings. The molecule has 30 heavy (non-hydrogen) atoms. The number of hydrogen-bond donors (Lipinski definition) is 3. The highest BCUT2D eigenvalue weighted by molar-refractivity contribution is 5.85. The molecule has 10 heteroatoms. The Bertz CT molecular complexity index is 848. The number of aromatic amines is 1. The number of rotatable bonds is 8. The molecule has 1 aliphatic carbocycles. The summed E-state index contributed by atoms with van der Waals surface area (Å²) in [5, 5.41) is 11.5. The van der Waals surface area contributed by atoms with Gasteiger partial charge in [0, 0.05) is 6.42 Å². The Labute approximate surface area is 171 Å². The molecule has 0 unspecified atom stereocenters. The zero-order valence-electron chi connectivity index (χ0n) is 16.3. The highest BCUT2D eigenvalue weighted by Gasteiger charge is 2.31. The molecule has 1 aliphatic rings. The van der Waals surface area contributed by atoms with Gasteiger partial charge in [-0.3, -0.25) is 14.7 Å². The van der Waals surface area contributed by atoms with Gasteiger partial charge in [-0.05, 0) is 30.0 Å². The van der Waals surface area contributed by atoms with Crippen LogP contribution in [0.15, 0.2) is 30.6 Å². The first-order valence-corrected chi connectivity index (χ1v) is 9.91. The molecular formula is C20H24F3N5O2. The van der Waals surface area contributed by atoms with Crippen LogP contribution in [0.1, 0.15) is 61.5 Å². The smallest absolute Gasteiger partial charge is 0.347 e. The molecule has 0 spiro atoms. The number of nitrogens with one attached hydrogen (secondary N) is 3. The first-order chi connectivity index (χ1) is 14.3. The number of amides is 2. The zero-order valence-corrected chi connectivity index (χ0v) is 16.3. The largest absolute Gasteiger partial charge is 0.416 e. The normalized spacial score (nSPS) is 15.7. The second kappa shape index (κ2) is 9.73. The molecule has 3 N–H and O–H groups in total. The summed E-state index contributed by atoms with van der Waals surface area (Å²) in [4.78, 5) is 28.3. The first kappa shape index (κ1) is 21.8. The number of carbonyl (C=O) groups is 2. The first-order valence-electron chi connectivity index (χ1n) is 9.91. The number of benzene rings is 1. The number of hydrogen-bond acceptors (Lipinski definition) is 4. The Morgan fingerprint density at radius 2 is 1.97 bits per heavy atom. The third-order valence-electron chi connectivity index (χ3n) is 5.26. The maximum atomic E-state index is 13.1. The molecule has 1 heterocycles. The van der Waals surface area contributed by atoms with E-state index in [-0.39, 0.29) is 23.8 Å². The lowest BCUT2D eigenvalue weighted by molar-refractivity contribution is -0.137. The average Bonchev–Trinajstić information content (AvgIpc) is 3.42. The van der Waals surface area contributed by atoms with Crippen molar-refractivity contribution in [3.05, 3.63) is 47.5 Å². The van der Waals surface area contributed by atoms with Crippen molar-refractivity contribution in [3.8, 4) is 0 Å². The second-order valence-electron chi connectivity index (χ2n) is 7.46. The molecule has 2 amide bonds. The van der Waals surface area contributed by atoms with Gasteiger partial charge in [-0.1, -0.05) is 37.8 Å². The molecule has 162 valence electrons. The van der Waals surface area contributed by atoms with Crippen LogP contribution in [0, 0.1) is 5.92 Å². The average molecular weight is 423 g/mol. The van der Waals surface area contributed by atoms with Crippen molar-refractivity contribution in [1.82, 2.24) is 25.8 Å². The van der Waals surface area contributed by atoms with Crippen LogP contribution in [-0.4, -0.2) is 33.5 Å². The van der Waals surface area contributed by atoms with Crippen molar-refractivity contribution in [2.24, 2.45) is 5.92 Å². The van der Waals surface area contributed by atoms with E-state index in [9.17, 15) is 22.8 Å². The predicted octanol–water partition coefficient (Wildman–Crippen LogP) is 3.12. The summed E-state index contributed by atoms with van der Waals surface area (Å²) in [6.07, 6.45) is 2.54. The van der Waals surface area contributed by atoms with Crippen LogP contribution in [-0.2, 0) is 15.8 Å². The number of H-pyrrole nitrogens is 1. The summed E-state index contributed by atoms with van der Waals surface area (Å²) in [7, 11) is 0. The van der Waals surface area contributed by atoms with Crippen molar-refractivity contribution in [2.75, 3.05) is 6.54 Å². The quantitative estimate of drug-likeness (QED) is 0.607. The predicted molar refractivity (Wildman–Crippen MR) is 102 cm³/mol. The lowest BCUT2D eigenvalue weighted by Gasteiger charge is -2.18. The summed E-state index contributed by atoms with van der Waals surface area (Å²) >= 11 is 0. The van der Waals surface area contributed by atoms with Gasteiger partial charge in [0.05, 0.1) is 12.1 Å². The molecule has 1 atom stereocenters. The van der Waals surface area contributed by atoms with E-state index in [1.54, 1.807) is 0 Å². The van der Waals surface area contributed by atoms with Crippen molar-refractivity contribution >= 4 is 11.8 Å². The van der Waals surface area contributed by atoms with Gasteiger partial charge in [0.2, 0.25) is 11.8 Å². The van der Waals surface area contributed by atoms with E-state index in [1.807, 2.05) is 0 Å². The molecule has 0 bridgehead atoms. The van der Waals surface area contributed by atoms with E-state index in [1.165, 1.54) is 31.3 Å². The zero-order chi connectivity index (χ0) is 21.6. The van der Waals surface area contributed by atoms with E-state index in [2.05, 4.69) is 25.8 Å². The highest BCUT2D eigenvalue weighted by atomic mass is 19.4. The maximum Gasteiger partial charge on any atom is 0.416 e. The Balaban J connectivity index is 1.60. The Morgan fingerprint density at radius 1 is 1.20 bits per heavy atom. The molecular weight excluding hydrogens is 399 g/mol. The third-order valence-corrected chi connectivity index (χ3v) is 5.26. The number of halogens is 3. The molecule has 0 radical (unpaired) electrons. The van der Waals surface area contributed by atoms with E-state index in [4.69, 9.17) is 0 Å². The molecule has 3 rings (SSSR count). The monoisotopic (exact) mass is 423 g/mol. The summed E-state index contributed by atoms with van der Waals surface area (Å²) in [5.74, 6) is 0.00640. The van der Waals surface area contributed by atoms with Gasteiger partial charge in [0.1, 0.15) is 12.4 Å². The summed E-state index contributed by atoms with van der Waals surface area (Å²) in [6, 6.07) is 3.67. The van der Waals surface area contributed by atoms with Crippen LogP contribution in [0.5, 0.6) is 0 Å². The van der Waals surface area contributed by atoms with Crippen molar-refractivity contribution in [2.45, 2.75) is 50.7 Å². The Hall–Kier alpha value is -2.91. The lowest BCUT2D eigenvalue weighted by atomic mass is 10.0. The van der Waals surface area contributed by atoms with Gasteiger partial charge in [-0.15, -0.1) is 0 Å². The van der Waals surface area contributed by atoms with Crippen molar-refractivity contribution in [1.29, 1.82) is 0 Å². The Morgan fingerprint density at radius 3 is 2.63 bits per heavy atom. The number of carbonyl (C=O) groups excluding carboxylic acids is 2. The molecule has 0 aliphatic heterocycles. The summed E-state index contributed by atoms with van der Waals surface area (Å²) in [6.45, 7) is -0.271. The number of nitrogens with zero attached hydrogens (tertiary/aromatic N) is 2. The molecule has 1 saturated carbocycles. The standard InChI is InChI=1S/C20H24F3N5O2/c21-20(22,23)15-7-3-6-14(10-15)18(19-25-12-26-28-19)27-17(30)11-24-16(29)9-8-13-4-1-2-5-13/h3,6-7,10,12-13,18H,1-2,4-5,8-9,11H2,(H,24,29)(H,27,30)(H,25,26,28)/t18-/m1/s1. The van der Waals surface area contributed by atoms with Crippen LogP contribution >= 0.6 is 0 Å². The lowest BCUT2D eigenvalue weighted by Crippen LogP contribution is -2.39. The molecule has 1 fully saturated rings. The third kappa shape index (κ3) is 6.04. The fraction of sp³-hybridized carbons (Fsp3) is 0.500. The fourth-order valence-corrected chi connectivity index (χ4v) is 3.67. The van der Waals surface area contributed by atoms with Crippen molar-refractivity contribution < 1.29 is 22.8 Å². The van der Waals surface area contributed by atoms with E-state index in [0.29, 0.717) is 12.3 Å². The van der Waals surface area contributed by atoms with Gasteiger partial charge in [-0.2, -0.15) is 18.3 Å². The van der Waals surface area contributed by atoms with E-state index >= 15 is 0 Å². The minimum atomic E-state index is -4.51. The topological polar surface area (TPSA) is 99.8 Å². The van der Waals surface area contributed by atoms with Crippen LogP contribution in [0.3, 0.4) is 0 Å². The van der Waals surface area contributed by atoms with Crippen LogP contribution in [0.25, 0.3) is 0 Å². The van der Waals surface area contributed by atoms with Crippen LogP contribution < -0.4 is 10.6 Å². The fourth-order valence-electron chi connectivity index (χ4n) is 3.67. The van der Waals surface area contributed by atoms with Crippen LogP contribution in [0.2, 0.25) is 0 Å². The van der Waals surface area contributed by atoms with Gasteiger partial charge in [0.25, 0.3) is 0 Å². The highest BCUT2D eigenvalue weighted by Crippen LogP contribution is 2.31. The summed E-state index contributed by atoms with van der Waals surface area (Å²) in [5.41, 5.74) is -0.638. The van der Waals surface area contributed by atoms with Gasteiger partial charge < -0.3 is 10.6 Å². The molecule has 1 aromatic carbocycles. The minimum Gasteiger partial charge on any atom is -0.347 e. The molecule has 7 nitrogen and oxygen atoms in total.